The smallest absolute Gasteiger partial charge is 0.290 e. The fraction of sp³-hybridized carbons (Fsp3) is 0.143. The zero-order chi connectivity index (χ0) is 38.8. The number of carbonyl (C=O) groups is 2. The quantitative estimate of drug-likeness (QED) is 0.134. The number of anilines is 1. The molecule has 4 N–H and O–H groups in total. The lowest BCUT2D eigenvalue weighted by Crippen LogP contribution is -2.18. The number of dihydropyridines is 1. The number of nitriles is 3. The van der Waals surface area contributed by atoms with E-state index in [4.69, 9.17) is 30.8 Å². The molecule has 1 aliphatic rings. The number of amides is 1. The summed E-state index contributed by atoms with van der Waals surface area (Å²) in [4.78, 5) is 25.6. The maximum Gasteiger partial charge on any atom is 0.290 e. The van der Waals surface area contributed by atoms with Crippen molar-refractivity contribution in [3.05, 3.63) is 160 Å². The van der Waals surface area contributed by atoms with E-state index in [9.17, 15) is 4.79 Å². The highest BCUT2D eigenvalue weighted by Gasteiger charge is 2.19. The summed E-state index contributed by atoms with van der Waals surface area (Å²) in [5.41, 5.74) is 11.6. The standard InChI is InChI=1S/C26H19N5O.C14H14N2.CH2O2.CH4O/c1-18-24(22-10-8-20(15-28)9-11-22)13-25(26(32)30-23-3-2-12-29-16-23)31(18)17-21-6-4-19(14-27)5-7-21;1-10-7-14(11(2)16-9-10)13-5-3-12(8-15)4-6-13;2-1-3;1-2/h2-13,16H,17H2,1H3,(H,30,32);3-7,16H,9H2,1-2H3;1H,(H,2,3);2H,1H3. The first-order valence-corrected chi connectivity index (χ1v) is 16.3. The number of aromatic nitrogens is 2. The van der Waals surface area contributed by atoms with Crippen molar-refractivity contribution in [2.24, 2.45) is 0 Å². The van der Waals surface area contributed by atoms with Crippen molar-refractivity contribution in [3.8, 4) is 29.3 Å². The van der Waals surface area contributed by atoms with Gasteiger partial charge < -0.3 is 25.4 Å². The minimum atomic E-state index is -0.250. The average Bonchev–Trinajstić information content (AvgIpc) is 3.53. The number of hydrogen-bond acceptors (Lipinski definition) is 8. The van der Waals surface area contributed by atoms with E-state index in [-0.39, 0.29) is 12.4 Å². The van der Waals surface area contributed by atoms with E-state index in [1.54, 1.807) is 48.8 Å². The highest BCUT2D eigenvalue weighted by atomic mass is 16.3. The molecule has 3 aromatic carbocycles. The topological polar surface area (TPSA) is 188 Å². The third-order valence-electron chi connectivity index (χ3n) is 8.02. The van der Waals surface area contributed by atoms with Gasteiger partial charge in [-0.2, -0.15) is 15.8 Å². The highest BCUT2D eigenvalue weighted by Crippen LogP contribution is 2.29. The molecule has 3 heterocycles. The van der Waals surface area contributed by atoms with Crippen LogP contribution in [0.4, 0.5) is 5.69 Å². The first kappa shape index (κ1) is 40.2. The Morgan fingerprint density at radius 2 is 1.40 bits per heavy atom. The number of carbonyl (C=O) groups excluding carboxylic acids is 1. The predicted molar refractivity (Wildman–Crippen MR) is 204 cm³/mol. The lowest BCUT2D eigenvalue weighted by molar-refractivity contribution is -0.122. The summed E-state index contributed by atoms with van der Waals surface area (Å²) in [6, 6.07) is 34.1. The van der Waals surface area contributed by atoms with E-state index in [1.165, 1.54) is 16.8 Å². The maximum atomic E-state index is 13.2. The summed E-state index contributed by atoms with van der Waals surface area (Å²) in [5, 5.41) is 47.0. The number of aliphatic hydroxyl groups excluding tert-OH is 1. The van der Waals surface area contributed by atoms with Crippen LogP contribution in [0.3, 0.4) is 0 Å². The van der Waals surface area contributed by atoms with E-state index in [0.29, 0.717) is 34.6 Å². The molecule has 2 aromatic heterocycles. The molecule has 0 bridgehead atoms. The molecule has 0 fully saturated rings. The van der Waals surface area contributed by atoms with Gasteiger partial charge in [0.05, 0.1) is 46.8 Å². The van der Waals surface area contributed by atoms with Crippen molar-refractivity contribution in [2.45, 2.75) is 27.3 Å². The van der Waals surface area contributed by atoms with Crippen LogP contribution in [0.1, 0.15) is 57.8 Å². The van der Waals surface area contributed by atoms with Gasteiger partial charge in [-0.15, -0.1) is 0 Å². The van der Waals surface area contributed by atoms with Crippen molar-refractivity contribution >= 4 is 23.6 Å². The second-order valence-electron chi connectivity index (χ2n) is 11.5. The van der Waals surface area contributed by atoms with E-state index < -0.39 is 0 Å². The lowest BCUT2D eigenvalue weighted by atomic mass is 9.98. The zero-order valence-electron chi connectivity index (χ0n) is 29.8. The van der Waals surface area contributed by atoms with E-state index in [1.807, 2.05) is 66.1 Å². The summed E-state index contributed by atoms with van der Waals surface area (Å²) in [5.74, 6) is -0.241. The molecular formula is C42H39N7O4. The second kappa shape index (κ2) is 20.4. The van der Waals surface area contributed by atoms with Gasteiger partial charge in [-0.25, -0.2) is 0 Å². The minimum absolute atomic E-state index is 0.241. The van der Waals surface area contributed by atoms with Crippen molar-refractivity contribution < 1.29 is 19.8 Å². The predicted octanol–water partition coefficient (Wildman–Crippen LogP) is 7.05. The van der Waals surface area contributed by atoms with Crippen LogP contribution in [0.5, 0.6) is 0 Å². The van der Waals surface area contributed by atoms with E-state index in [2.05, 4.69) is 53.7 Å². The molecule has 0 spiro atoms. The van der Waals surface area contributed by atoms with Crippen LogP contribution in [0.25, 0.3) is 16.7 Å². The van der Waals surface area contributed by atoms with Gasteiger partial charge in [-0.3, -0.25) is 14.6 Å². The molecule has 1 aliphatic heterocycles. The Balaban J connectivity index is 0.000000301. The fourth-order valence-electron chi connectivity index (χ4n) is 5.35. The lowest BCUT2D eigenvalue weighted by Gasteiger charge is -2.18. The molecule has 0 saturated carbocycles. The summed E-state index contributed by atoms with van der Waals surface area (Å²) in [6.07, 6.45) is 5.45. The van der Waals surface area contributed by atoms with Crippen LogP contribution in [0, 0.1) is 40.9 Å². The van der Waals surface area contributed by atoms with E-state index in [0.717, 1.165) is 41.6 Å². The second-order valence-corrected chi connectivity index (χ2v) is 11.5. The molecule has 5 aromatic rings. The molecular weight excluding hydrogens is 667 g/mol. The molecule has 0 atom stereocenters. The minimum Gasteiger partial charge on any atom is -0.483 e. The Bertz CT molecular complexity index is 2180. The number of benzene rings is 3. The SMILES string of the molecule is CC1=CC(c2ccc(C#N)cc2)=C(C)NC1.CO.Cc1c(-c2ccc(C#N)cc2)cc(C(=O)Nc2cccnc2)n1Cc1ccc(C#N)cc1.O=CO. The molecule has 11 heteroatoms. The van der Waals surface area contributed by atoms with Crippen molar-refractivity contribution in [3.63, 3.8) is 0 Å². The van der Waals surface area contributed by atoms with Crippen molar-refractivity contribution in [1.29, 1.82) is 15.8 Å². The Morgan fingerprint density at radius 1 is 0.868 bits per heavy atom. The Hall–Kier alpha value is -7.26. The number of rotatable bonds is 6. The van der Waals surface area contributed by atoms with Crippen molar-refractivity contribution in [1.82, 2.24) is 14.9 Å². The molecule has 266 valence electrons. The van der Waals surface area contributed by atoms with Crippen LogP contribution in [-0.2, 0) is 11.3 Å². The summed E-state index contributed by atoms with van der Waals surface area (Å²) >= 11 is 0. The third-order valence-corrected chi connectivity index (χ3v) is 8.02. The molecule has 0 aliphatic carbocycles. The zero-order valence-corrected chi connectivity index (χ0v) is 29.8. The molecule has 0 unspecified atom stereocenters. The van der Waals surface area contributed by atoms with Gasteiger partial charge in [0.1, 0.15) is 5.69 Å². The Kier molecular flexibility index (Phi) is 15.5. The van der Waals surface area contributed by atoms with Gasteiger partial charge in [-0.1, -0.05) is 48.0 Å². The number of hydrogen-bond donors (Lipinski definition) is 4. The van der Waals surface area contributed by atoms with Gasteiger partial charge in [0.2, 0.25) is 0 Å². The highest BCUT2D eigenvalue weighted by molar-refractivity contribution is 6.04. The van der Waals surface area contributed by atoms with Gasteiger partial charge in [0, 0.05) is 48.9 Å². The van der Waals surface area contributed by atoms with Gasteiger partial charge >= 0.3 is 0 Å². The van der Waals surface area contributed by atoms with Gasteiger partial charge in [0.25, 0.3) is 12.4 Å². The summed E-state index contributed by atoms with van der Waals surface area (Å²) in [6.45, 7) is 7.31. The Morgan fingerprint density at radius 3 is 1.91 bits per heavy atom. The van der Waals surface area contributed by atoms with Crippen LogP contribution < -0.4 is 10.6 Å². The summed E-state index contributed by atoms with van der Waals surface area (Å²) < 4.78 is 1.96. The van der Waals surface area contributed by atoms with Crippen molar-refractivity contribution in [2.75, 3.05) is 19.0 Å². The first-order chi connectivity index (χ1) is 25.7. The fourth-order valence-corrected chi connectivity index (χ4v) is 5.35. The van der Waals surface area contributed by atoms with Gasteiger partial charge in [-0.05, 0) is 92.1 Å². The monoisotopic (exact) mass is 705 g/mol. The number of carboxylic acid groups (broad SMARTS) is 1. The summed E-state index contributed by atoms with van der Waals surface area (Å²) in [7, 11) is 1.00. The van der Waals surface area contributed by atoms with Crippen LogP contribution >= 0.6 is 0 Å². The molecule has 11 nitrogen and oxygen atoms in total. The number of pyridine rings is 1. The number of aliphatic hydroxyl groups is 1. The molecule has 53 heavy (non-hydrogen) atoms. The average molecular weight is 706 g/mol. The van der Waals surface area contributed by atoms with E-state index >= 15 is 0 Å². The molecule has 0 radical (unpaired) electrons. The number of allylic oxidation sites excluding steroid dienone is 3. The maximum absolute atomic E-state index is 13.2. The molecule has 0 saturated heterocycles. The van der Waals surface area contributed by atoms with Crippen LogP contribution in [0.2, 0.25) is 0 Å². The Labute approximate surface area is 309 Å². The number of nitrogens with zero attached hydrogens (tertiary/aromatic N) is 5. The van der Waals surface area contributed by atoms with Gasteiger partial charge in [0.15, 0.2) is 0 Å². The van der Waals surface area contributed by atoms with Crippen LogP contribution in [-0.4, -0.2) is 45.8 Å². The number of nitrogens with one attached hydrogen (secondary N) is 2. The normalized spacial score (nSPS) is 11.1. The molecule has 1 amide bonds. The van der Waals surface area contributed by atoms with Crippen LogP contribution in [0.15, 0.2) is 121 Å². The molecule has 6 rings (SSSR count). The first-order valence-electron chi connectivity index (χ1n) is 16.3. The largest absolute Gasteiger partial charge is 0.483 e. The third kappa shape index (κ3) is 11.1.